The van der Waals surface area contributed by atoms with Crippen molar-refractivity contribution in [1.29, 1.82) is 0 Å². The number of ether oxygens (including phenoxy) is 1. The van der Waals surface area contributed by atoms with Gasteiger partial charge in [0.05, 0.1) is 7.11 Å². The van der Waals surface area contributed by atoms with E-state index in [1.54, 1.807) is 7.11 Å². The van der Waals surface area contributed by atoms with Crippen LogP contribution in [0.5, 0.6) is 5.75 Å². The van der Waals surface area contributed by atoms with Crippen molar-refractivity contribution in [2.45, 2.75) is 37.9 Å². The fourth-order valence-corrected chi connectivity index (χ4v) is 4.61. The highest BCUT2D eigenvalue weighted by Crippen LogP contribution is 2.47. The first-order chi connectivity index (χ1) is 12.8. The molecule has 0 saturated carbocycles. The number of nitrogens with zero attached hydrogens (tertiary/aromatic N) is 3. The smallest absolute Gasteiger partial charge is 0.227 e. The molecule has 1 aliphatic carbocycles. The Kier molecular flexibility index (Phi) is 4.58. The zero-order chi connectivity index (χ0) is 19.3. The first-order valence-electron chi connectivity index (χ1n) is 8.70. The van der Waals surface area contributed by atoms with Crippen molar-refractivity contribution < 1.29 is 9.53 Å². The van der Waals surface area contributed by atoms with E-state index in [9.17, 15) is 4.79 Å². The van der Waals surface area contributed by atoms with Crippen LogP contribution in [0.25, 0.3) is 0 Å². The largest absolute Gasteiger partial charge is 0.496 e. The van der Waals surface area contributed by atoms with Crippen LogP contribution in [0.2, 0.25) is 0 Å². The molecule has 0 amide bonds. The number of rotatable bonds is 3. The SMILES string of the molecule is COc1ccc(Br)cc1[C@H]1C2=C(CC(C)(C)CC2=O)Nc2nc(SC)nn21. The van der Waals surface area contributed by atoms with Gasteiger partial charge in [-0.3, -0.25) is 4.79 Å². The second-order valence-electron chi connectivity index (χ2n) is 7.61. The third-order valence-corrected chi connectivity index (χ3v) is 6.01. The van der Waals surface area contributed by atoms with Crippen molar-refractivity contribution in [3.8, 4) is 5.75 Å². The fraction of sp³-hybridized carbons (Fsp3) is 0.421. The van der Waals surface area contributed by atoms with Gasteiger partial charge < -0.3 is 10.1 Å². The normalized spacial score (nSPS) is 20.8. The molecule has 1 aromatic carbocycles. The summed E-state index contributed by atoms with van der Waals surface area (Å²) in [5.74, 6) is 1.53. The number of carbonyl (C=O) groups excluding carboxylic acids is 1. The summed E-state index contributed by atoms with van der Waals surface area (Å²) in [5.41, 5.74) is 2.51. The van der Waals surface area contributed by atoms with Gasteiger partial charge in [0.15, 0.2) is 5.78 Å². The number of halogens is 1. The zero-order valence-corrected chi connectivity index (χ0v) is 18.1. The molecule has 6 nitrogen and oxygen atoms in total. The fourth-order valence-electron chi connectivity index (χ4n) is 3.88. The predicted molar refractivity (Wildman–Crippen MR) is 109 cm³/mol. The number of fused-ring (bicyclic) bond motifs is 1. The van der Waals surface area contributed by atoms with E-state index in [2.05, 4.69) is 45.2 Å². The second-order valence-corrected chi connectivity index (χ2v) is 9.30. The van der Waals surface area contributed by atoms with Gasteiger partial charge in [-0.2, -0.15) is 4.98 Å². The van der Waals surface area contributed by atoms with Crippen LogP contribution < -0.4 is 10.1 Å². The van der Waals surface area contributed by atoms with E-state index >= 15 is 0 Å². The molecule has 0 bridgehead atoms. The number of hydrogen-bond acceptors (Lipinski definition) is 6. The summed E-state index contributed by atoms with van der Waals surface area (Å²) in [6, 6.07) is 5.47. The number of aromatic nitrogens is 3. The average molecular weight is 449 g/mol. The average Bonchev–Trinajstić information content (AvgIpc) is 3.01. The highest BCUT2D eigenvalue weighted by Gasteiger charge is 2.42. The maximum absolute atomic E-state index is 13.2. The van der Waals surface area contributed by atoms with Gasteiger partial charge in [0.1, 0.15) is 11.8 Å². The van der Waals surface area contributed by atoms with Gasteiger partial charge in [-0.05, 0) is 36.3 Å². The lowest BCUT2D eigenvalue weighted by Gasteiger charge is -2.38. The molecule has 2 aromatic rings. The van der Waals surface area contributed by atoms with E-state index in [1.807, 2.05) is 29.1 Å². The monoisotopic (exact) mass is 448 g/mol. The number of hydrogen-bond donors (Lipinski definition) is 1. The minimum atomic E-state index is -0.360. The number of Topliss-reactive ketones (excluding diaryl/α,β-unsaturated/α-hetero) is 1. The van der Waals surface area contributed by atoms with Gasteiger partial charge in [0.2, 0.25) is 11.1 Å². The molecule has 0 fully saturated rings. The zero-order valence-electron chi connectivity index (χ0n) is 15.7. The molecule has 2 heterocycles. The van der Waals surface area contributed by atoms with Gasteiger partial charge in [-0.15, -0.1) is 5.10 Å². The number of carbonyl (C=O) groups is 1. The van der Waals surface area contributed by atoms with Crippen molar-refractivity contribution in [2.24, 2.45) is 5.41 Å². The van der Waals surface area contributed by atoms with Crippen LogP contribution in [0, 0.1) is 5.41 Å². The lowest BCUT2D eigenvalue weighted by Crippen LogP contribution is -2.36. The Morgan fingerprint density at radius 1 is 1.37 bits per heavy atom. The Balaban J connectivity index is 1.96. The number of nitrogens with one attached hydrogen (secondary N) is 1. The van der Waals surface area contributed by atoms with Crippen molar-refractivity contribution in [3.05, 3.63) is 39.5 Å². The van der Waals surface area contributed by atoms with Gasteiger partial charge in [-0.1, -0.05) is 41.5 Å². The number of allylic oxidation sites excluding steroid dienone is 2. The molecule has 0 radical (unpaired) electrons. The lowest BCUT2D eigenvalue weighted by molar-refractivity contribution is -0.118. The van der Waals surface area contributed by atoms with Crippen LogP contribution in [0.3, 0.4) is 0 Å². The van der Waals surface area contributed by atoms with Gasteiger partial charge in [0, 0.05) is 27.7 Å². The van der Waals surface area contributed by atoms with E-state index in [-0.39, 0.29) is 17.2 Å². The Morgan fingerprint density at radius 2 is 2.15 bits per heavy atom. The summed E-state index contributed by atoms with van der Waals surface area (Å²) in [6.07, 6.45) is 3.25. The second kappa shape index (κ2) is 6.67. The molecule has 4 rings (SSSR count). The molecule has 1 aromatic heterocycles. The standard InChI is InChI=1S/C19H21BrN4O2S/c1-19(2)8-12-15(13(25)9-19)16(11-7-10(20)5-6-14(11)26-3)24-17(21-12)22-18(23-24)27-4/h5-7,16H,8-9H2,1-4H3,(H,21,22,23)/t16-/m0/s1. The summed E-state index contributed by atoms with van der Waals surface area (Å²) in [4.78, 5) is 17.8. The van der Waals surface area contributed by atoms with E-state index < -0.39 is 0 Å². The van der Waals surface area contributed by atoms with E-state index in [4.69, 9.17) is 4.74 Å². The molecule has 27 heavy (non-hydrogen) atoms. The number of methoxy groups -OCH3 is 1. The molecule has 0 saturated heterocycles. The van der Waals surface area contributed by atoms with Gasteiger partial charge in [-0.25, -0.2) is 4.68 Å². The Hall–Kier alpha value is -1.80. The first kappa shape index (κ1) is 18.6. The van der Waals surface area contributed by atoms with Crippen molar-refractivity contribution in [3.63, 3.8) is 0 Å². The quantitative estimate of drug-likeness (QED) is 0.700. The van der Waals surface area contributed by atoms with Crippen LogP contribution >= 0.6 is 27.7 Å². The predicted octanol–water partition coefficient (Wildman–Crippen LogP) is 4.43. The van der Waals surface area contributed by atoms with Gasteiger partial charge in [0.25, 0.3) is 0 Å². The molecule has 0 spiro atoms. The number of anilines is 1. The summed E-state index contributed by atoms with van der Waals surface area (Å²) in [6.45, 7) is 4.25. The summed E-state index contributed by atoms with van der Waals surface area (Å²) < 4.78 is 8.35. The number of ketones is 1. The van der Waals surface area contributed by atoms with Crippen LogP contribution in [0.4, 0.5) is 5.95 Å². The Bertz CT molecular complexity index is 967. The Labute approximate surface area is 170 Å². The lowest BCUT2D eigenvalue weighted by atomic mass is 9.73. The van der Waals surface area contributed by atoms with Crippen molar-refractivity contribution >= 4 is 39.4 Å². The minimum absolute atomic E-state index is 0.0840. The number of thioether (sulfide) groups is 1. The third kappa shape index (κ3) is 3.18. The molecule has 8 heteroatoms. The van der Waals surface area contributed by atoms with Crippen LogP contribution in [0.1, 0.15) is 38.3 Å². The Morgan fingerprint density at radius 3 is 2.85 bits per heavy atom. The number of benzene rings is 1. The molecule has 2 aliphatic rings. The van der Waals surface area contributed by atoms with Crippen molar-refractivity contribution in [1.82, 2.24) is 14.8 Å². The van der Waals surface area contributed by atoms with E-state index in [0.29, 0.717) is 17.5 Å². The first-order valence-corrected chi connectivity index (χ1v) is 10.7. The third-order valence-electron chi connectivity index (χ3n) is 4.98. The summed E-state index contributed by atoms with van der Waals surface area (Å²) in [7, 11) is 1.64. The molecule has 142 valence electrons. The maximum Gasteiger partial charge on any atom is 0.227 e. The van der Waals surface area contributed by atoms with Crippen LogP contribution in [0.15, 0.2) is 39.1 Å². The molecular formula is C19H21BrN4O2S. The van der Waals surface area contributed by atoms with E-state index in [0.717, 1.165) is 33.5 Å². The summed E-state index contributed by atoms with van der Waals surface area (Å²) in [5, 5.41) is 8.69. The summed E-state index contributed by atoms with van der Waals surface area (Å²) >= 11 is 5.03. The molecular weight excluding hydrogens is 428 g/mol. The van der Waals surface area contributed by atoms with E-state index in [1.165, 1.54) is 11.8 Å². The molecule has 1 aliphatic heterocycles. The molecule has 1 atom stereocenters. The van der Waals surface area contributed by atoms with Gasteiger partial charge >= 0.3 is 0 Å². The minimum Gasteiger partial charge on any atom is -0.496 e. The maximum atomic E-state index is 13.2. The van der Waals surface area contributed by atoms with Crippen LogP contribution in [-0.2, 0) is 4.79 Å². The van der Waals surface area contributed by atoms with Crippen LogP contribution in [-0.4, -0.2) is 33.9 Å². The van der Waals surface area contributed by atoms with Crippen molar-refractivity contribution in [2.75, 3.05) is 18.7 Å². The topological polar surface area (TPSA) is 69.0 Å². The highest BCUT2D eigenvalue weighted by molar-refractivity contribution is 9.10. The molecule has 0 unspecified atom stereocenters. The highest BCUT2D eigenvalue weighted by atomic mass is 79.9. The molecule has 1 N–H and O–H groups in total.